The molecule has 2 aromatic heterocycles. The maximum atomic E-state index is 5.13. The quantitative estimate of drug-likeness (QED) is 0.855. The molecule has 0 aliphatic rings. The van der Waals surface area contributed by atoms with Crippen molar-refractivity contribution in [3.05, 3.63) is 45.0 Å². The summed E-state index contributed by atoms with van der Waals surface area (Å²) in [6.07, 6.45) is 5.67. The molecule has 92 valence electrons. The van der Waals surface area contributed by atoms with Crippen LogP contribution in [0.5, 0.6) is 0 Å². The van der Waals surface area contributed by atoms with E-state index < -0.39 is 0 Å². The van der Waals surface area contributed by atoms with E-state index in [-0.39, 0.29) is 0 Å². The molecule has 1 atom stereocenters. The Labute approximate surface area is 114 Å². The molecule has 0 saturated carbocycles. The SMILES string of the molecule is CCCNC(Cc1ccoc1)c1csc(Br)c1. The Morgan fingerprint density at radius 1 is 1.53 bits per heavy atom. The first-order valence-corrected chi connectivity index (χ1v) is 7.45. The highest BCUT2D eigenvalue weighted by Crippen LogP contribution is 2.27. The summed E-state index contributed by atoms with van der Waals surface area (Å²) in [5.41, 5.74) is 2.58. The Kier molecular flexibility index (Phi) is 4.83. The Bertz CT molecular complexity index is 438. The van der Waals surface area contributed by atoms with Crippen molar-refractivity contribution in [1.29, 1.82) is 0 Å². The van der Waals surface area contributed by atoms with Gasteiger partial charge in [0, 0.05) is 6.04 Å². The Balaban J connectivity index is 2.07. The van der Waals surface area contributed by atoms with Crippen molar-refractivity contribution in [2.24, 2.45) is 0 Å². The van der Waals surface area contributed by atoms with E-state index in [2.05, 4.69) is 39.6 Å². The molecule has 0 fully saturated rings. The third-order valence-electron chi connectivity index (χ3n) is 2.65. The van der Waals surface area contributed by atoms with Gasteiger partial charge in [0.1, 0.15) is 0 Å². The van der Waals surface area contributed by atoms with Gasteiger partial charge in [-0.15, -0.1) is 11.3 Å². The maximum absolute atomic E-state index is 5.13. The van der Waals surface area contributed by atoms with Crippen molar-refractivity contribution in [2.75, 3.05) is 6.54 Å². The average Bonchev–Trinajstić information content (AvgIpc) is 2.95. The fourth-order valence-electron chi connectivity index (χ4n) is 1.78. The fraction of sp³-hybridized carbons (Fsp3) is 0.385. The summed E-state index contributed by atoms with van der Waals surface area (Å²) in [6.45, 7) is 3.22. The molecule has 2 heterocycles. The first kappa shape index (κ1) is 12.9. The molecule has 0 radical (unpaired) electrons. The Hall–Kier alpha value is -0.580. The lowest BCUT2D eigenvalue weighted by Crippen LogP contribution is -2.23. The Morgan fingerprint density at radius 2 is 2.41 bits per heavy atom. The second kappa shape index (κ2) is 6.38. The van der Waals surface area contributed by atoms with Gasteiger partial charge in [-0.3, -0.25) is 0 Å². The Morgan fingerprint density at radius 3 is 3.00 bits per heavy atom. The lowest BCUT2D eigenvalue weighted by atomic mass is 10.0. The summed E-state index contributed by atoms with van der Waals surface area (Å²) in [4.78, 5) is 0. The number of hydrogen-bond acceptors (Lipinski definition) is 3. The predicted octanol–water partition coefficient (Wildman–Crippen LogP) is 4.39. The summed E-state index contributed by atoms with van der Waals surface area (Å²) >= 11 is 5.25. The number of halogens is 1. The number of rotatable bonds is 6. The molecule has 0 aliphatic heterocycles. The van der Waals surface area contributed by atoms with Gasteiger partial charge in [0.05, 0.1) is 16.3 Å². The molecule has 2 rings (SSSR count). The van der Waals surface area contributed by atoms with Crippen LogP contribution in [0.3, 0.4) is 0 Å². The normalized spacial score (nSPS) is 12.8. The van der Waals surface area contributed by atoms with Crippen molar-refractivity contribution in [2.45, 2.75) is 25.8 Å². The first-order valence-electron chi connectivity index (χ1n) is 5.78. The van der Waals surface area contributed by atoms with Crippen LogP contribution in [-0.2, 0) is 6.42 Å². The zero-order chi connectivity index (χ0) is 12.1. The lowest BCUT2D eigenvalue weighted by Gasteiger charge is -2.16. The highest BCUT2D eigenvalue weighted by Gasteiger charge is 2.13. The summed E-state index contributed by atoms with van der Waals surface area (Å²) in [7, 11) is 0. The van der Waals surface area contributed by atoms with E-state index in [0.29, 0.717) is 6.04 Å². The predicted molar refractivity (Wildman–Crippen MR) is 75.5 cm³/mol. The van der Waals surface area contributed by atoms with E-state index in [4.69, 9.17) is 4.42 Å². The topological polar surface area (TPSA) is 25.2 Å². The van der Waals surface area contributed by atoms with Crippen LogP contribution in [0.2, 0.25) is 0 Å². The van der Waals surface area contributed by atoms with Crippen molar-refractivity contribution < 1.29 is 4.42 Å². The highest BCUT2D eigenvalue weighted by atomic mass is 79.9. The van der Waals surface area contributed by atoms with Gasteiger partial charge in [-0.25, -0.2) is 0 Å². The number of furan rings is 1. The molecule has 0 saturated heterocycles. The molecular formula is C13H16BrNOS. The van der Waals surface area contributed by atoms with Crippen molar-refractivity contribution in [3.63, 3.8) is 0 Å². The van der Waals surface area contributed by atoms with Gasteiger partial charge in [0.2, 0.25) is 0 Å². The van der Waals surface area contributed by atoms with Gasteiger partial charge in [-0.1, -0.05) is 6.92 Å². The third-order valence-corrected chi connectivity index (χ3v) is 4.17. The van der Waals surface area contributed by atoms with E-state index in [0.717, 1.165) is 19.4 Å². The molecule has 0 aliphatic carbocycles. The highest BCUT2D eigenvalue weighted by molar-refractivity contribution is 9.11. The van der Waals surface area contributed by atoms with Gasteiger partial charge in [-0.2, -0.15) is 0 Å². The van der Waals surface area contributed by atoms with Crippen LogP contribution in [0, 0.1) is 0 Å². The molecule has 1 unspecified atom stereocenters. The van der Waals surface area contributed by atoms with Crippen LogP contribution >= 0.6 is 27.3 Å². The van der Waals surface area contributed by atoms with Crippen LogP contribution in [0.15, 0.2) is 38.2 Å². The van der Waals surface area contributed by atoms with E-state index >= 15 is 0 Å². The zero-order valence-corrected chi connectivity index (χ0v) is 12.2. The smallest absolute Gasteiger partial charge is 0.0935 e. The minimum Gasteiger partial charge on any atom is -0.472 e. The fourth-order valence-corrected chi connectivity index (χ4v) is 3.01. The zero-order valence-electron chi connectivity index (χ0n) is 9.78. The van der Waals surface area contributed by atoms with Gasteiger partial charge in [0.15, 0.2) is 0 Å². The molecule has 0 aromatic carbocycles. The van der Waals surface area contributed by atoms with E-state index in [1.165, 1.54) is 14.9 Å². The maximum Gasteiger partial charge on any atom is 0.0935 e. The molecule has 0 bridgehead atoms. The van der Waals surface area contributed by atoms with Crippen molar-refractivity contribution >= 4 is 27.3 Å². The summed E-state index contributed by atoms with van der Waals surface area (Å²) in [5, 5.41) is 5.79. The first-order chi connectivity index (χ1) is 8.29. The van der Waals surface area contributed by atoms with Crippen LogP contribution in [0.1, 0.15) is 30.5 Å². The summed E-state index contributed by atoms with van der Waals surface area (Å²) < 4.78 is 6.31. The van der Waals surface area contributed by atoms with Crippen LogP contribution in [0.4, 0.5) is 0 Å². The van der Waals surface area contributed by atoms with E-state index in [9.17, 15) is 0 Å². The molecule has 0 amide bonds. The molecule has 1 N–H and O–H groups in total. The summed E-state index contributed by atoms with van der Waals surface area (Å²) in [5.74, 6) is 0. The monoisotopic (exact) mass is 313 g/mol. The van der Waals surface area contributed by atoms with Gasteiger partial charge >= 0.3 is 0 Å². The average molecular weight is 314 g/mol. The van der Waals surface area contributed by atoms with Crippen molar-refractivity contribution in [1.82, 2.24) is 5.32 Å². The molecular weight excluding hydrogens is 298 g/mol. The van der Waals surface area contributed by atoms with Crippen LogP contribution < -0.4 is 5.32 Å². The van der Waals surface area contributed by atoms with Crippen LogP contribution in [0.25, 0.3) is 0 Å². The summed E-state index contributed by atoms with van der Waals surface area (Å²) in [6, 6.07) is 4.59. The largest absolute Gasteiger partial charge is 0.472 e. The molecule has 2 nitrogen and oxygen atoms in total. The van der Waals surface area contributed by atoms with E-state index in [1.807, 2.05) is 12.3 Å². The molecule has 17 heavy (non-hydrogen) atoms. The van der Waals surface area contributed by atoms with E-state index in [1.54, 1.807) is 17.6 Å². The minimum atomic E-state index is 0.370. The standard InChI is InChI=1S/C13H16BrNOS/c1-2-4-15-12(6-10-3-5-16-8-10)11-7-13(14)17-9-11/h3,5,7-9,12,15H,2,4,6H2,1H3. The van der Waals surface area contributed by atoms with Crippen LogP contribution in [-0.4, -0.2) is 6.54 Å². The second-order valence-corrected chi connectivity index (χ2v) is 6.32. The lowest BCUT2D eigenvalue weighted by molar-refractivity contribution is 0.521. The van der Waals surface area contributed by atoms with Gasteiger partial charge in [0.25, 0.3) is 0 Å². The molecule has 4 heteroatoms. The second-order valence-electron chi connectivity index (χ2n) is 4.03. The number of hydrogen-bond donors (Lipinski definition) is 1. The third kappa shape index (κ3) is 3.69. The van der Waals surface area contributed by atoms with Gasteiger partial charge < -0.3 is 9.73 Å². The van der Waals surface area contributed by atoms with Gasteiger partial charge in [-0.05, 0) is 64.0 Å². The minimum absolute atomic E-state index is 0.370. The number of nitrogens with one attached hydrogen (secondary N) is 1. The van der Waals surface area contributed by atoms with Crippen molar-refractivity contribution in [3.8, 4) is 0 Å². The molecule has 0 spiro atoms. The number of thiophene rings is 1. The molecule has 2 aromatic rings.